The van der Waals surface area contributed by atoms with Crippen LogP contribution in [0.15, 0.2) is 0 Å². The number of rotatable bonds is 0. The largest absolute Gasteiger partial charge is 0.316 e. The van der Waals surface area contributed by atoms with Crippen LogP contribution in [0.4, 0.5) is 0 Å². The molecule has 0 rings (SSSR count). The van der Waals surface area contributed by atoms with Gasteiger partial charge in [0.1, 0.15) is 0 Å². The predicted molar refractivity (Wildman–Crippen MR) is 29.8 cm³/mol. The average molecular weight is 250 g/mol. The fourth-order valence-corrected chi connectivity index (χ4v) is 0. The predicted octanol–water partition coefficient (Wildman–Crippen LogP) is -3.56. The van der Waals surface area contributed by atoms with Crippen molar-refractivity contribution in [3.63, 3.8) is 0 Å². The van der Waals surface area contributed by atoms with Crippen LogP contribution in [0.25, 0.3) is 0 Å². The third-order valence-corrected chi connectivity index (χ3v) is 0. The summed E-state index contributed by atoms with van der Waals surface area (Å²) >= 11 is 0. The van der Waals surface area contributed by atoms with Crippen LogP contribution in [0, 0.1) is 0 Å². The third-order valence-electron chi connectivity index (χ3n) is 0. The van der Waals surface area contributed by atoms with Crippen LogP contribution in [0.2, 0.25) is 0 Å². The summed E-state index contributed by atoms with van der Waals surface area (Å²) < 4.78 is 0. The maximum absolute atomic E-state index is 0. The van der Waals surface area contributed by atoms with Gasteiger partial charge in [-0.25, -0.2) is 0 Å². The summed E-state index contributed by atoms with van der Waals surface area (Å²) in [7, 11) is 0. The molecule has 0 bridgehead atoms. The van der Waals surface area contributed by atoms with E-state index in [1.54, 1.807) is 0 Å². The second kappa shape index (κ2) is 29.0. The van der Waals surface area contributed by atoms with Crippen molar-refractivity contribution in [1.82, 2.24) is 0 Å². The monoisotopic (exact) mass is 250 g/mol. The van der Waals surface area contributed by atoms with Crippen LogP contribution in [-0.4, -0.2) is 51.4 Å². The quantitative estimate of drug-likeness (QED) is 0.390. The third kappa shape index (κ3) is 19.9. The molecule has 0 amide bonds. The van der Waals surface area contributed by atoms with Gasteiger partial charge in [0.15, 0.2) is 17.4 Å². The van der Waals surface area contributed by atoms with E-state index in [9.17, 15) is 0 Å². The first-order valence-electron chi connectivity index (χ1n) is 0. The van der Waals surface area contributed by atoms with Crippen molar-refractivity contribution in [2.24, 2.45) is 0 Å². The molecule has 0 aliphatic rings. The summed E-state index contributed by atoms with van der Waals surface area (Å²) in [5.74, 6) is 0. The van der Waals surface area contributed by atoms with Crippen molar-refractivity contribution in [2.45, 2.75) is 0 Å². The van der Waals surface area contributed by atoms with E-state index in [1.807, 2.05) is 0 Å². The zero-order valence-electron chi connectivity index (χ0n) is 1.12. The minimum absolute atomic E-state index is 0. The molecule has 0 unspecified atom stereocenters. The Morgan fingerprint density at radius 3 is 1.00 bits per heavy atom. The molecule has 5 heavy (non-hydrogen) atoms. The van der Waals surface area contributed by atoms with Crippen LogP contribution in [0.5, 0.6) is 0 Å². The Morgan fingerprint density at radius 2 is 1.00 bits per heavy atom. The van der Waals surface area contributed by atoms with Gasteiger partial charge in [-0.15, -0.1) is 0 Å². The van der Waals surface area contributed by atoms with Gasteiger partial charge in [0.25, 0.3) is 0 Å². The summed E-state index contributed by atoms with van der Waals surface area (Å²) in [5.41, 5.74) is 0. The normalized spacial score (nSPS) is 0. The summed E-state index contributed by atoms with van der Waals surface area (Å²) in [6, 6.07) is 0. The minimum atomic E-state index is 0. The molecule has 0 atom stereocenters. The van der Waals surface area contributed by atoms with E-state index in [4.69, 9.17) is 0 Å². The molecule has 0 N–H and O–H groups in total. The molecule has 26 valence electrons. The van der Waals surface area contributed by atoms with Crippen LogP contribution < -0.4 is 0 Å². The van der Waals surface area contributed by atoms with Crippen molar-refractivity contribution in [2.75, 3.05) is 0 Å². The molecule has 0 aromatic heterocycles. The van der Waals surface area contributed by atoms with Gasteiger partial charge in [0.2, 0.25) is 0 Å². The molecular formula is H9AlMgMoSiZn. The zero-order valence-corrected chi connectivity index (χ0v) is 6.09. The van der Waals surface area contributed by atoms with Gasteiger partial charge in [-0.3, -0.25) is 0 Å². The standard InChI is InChI=1S/Al.Mg.Mo.H4Si.Zn.5H/h;;;1H4;;;;;;. The van der Waals surface area contributed by atoms with Gasteiger partial charge in [-0.1, -0.05) is 0 Å². The number of hydrogen-bond acceptors (Lipinski definition) is 0. The summed E-state index contributed by atoms with van der Waals surface area (Å²) in [6.07, 6.45) is 0. The molecule has 0 fully saturated rings. The van der Waals surface area contributed by atoms with Crippen molar-refractivity contribution < 1.29 is 40.5 Å². The summed E-state index contributed by atoms with van der Waals surface area (Å²) in [5, 5.41) is 0. The molecule has 0 aliphatic heterocycles. The Balaban J connectivity index is 0. The van der Waals surface area contributed by atoms with E-state index in [2.05, 4.69) is 0 Å². The van der Waals surface area contributed by atoms with Crippen molar-refractivity contribution in [3.05, 3.63) is 0 Å². The maximum atomic E-state index is 0. The Morgan fingerprint density at radius 1 is 1.00 bits per heavy atom. The van der Waals surface area contributed by atoms with Gasteiger partial charge >= 0.3 is 23.1 Å². The zero-order chi connectivity index (χ0) is 0. The van der Waals surface area contributed by atoms with E-state index < -0.39 is 0 Å². The first-order valence-corrected chi connectivity index (χ1v) is 0. The van der Waals surface area contributed by atoms with Gasteiger partial charge in [-0.2, -0.15) is 0 Å². The first kappa shape index (κ1) is 45.6. The second-order valence-corrected chi connectivity index (χ2v) is 0. The van der Waals surface area contributed by atoms with E-state index in [0.29, 0.717) is 0 Å². The minimum Gasteiger partial charge on any atom is -0.0149 e. The summed E-state index contributed by atoms with van der Waals surface area (Å²) in [4.78, 5) is 0. The molecule has 0 nitrogen and oxygen atoms in total. The van der Waals surface area contributed by atoms with Gasteiger partial charge in [-0.05, 0) is 11.0 Å². The van der Waals surface area contributed by atoms with E-state index in [1.165, 1.54) is 0 Å². The van der Waals surface area contributed by atoms with Crippen molar-refractivity contribution >= 4 is 51.4 Å². The van der Waals surface area contributed by atoms with Crippen LogP contribution >= 0.6 is 0 Å². The van der Waals surface area contributed by atoms with Gasteiger partial charge in [0.05, 0.1) is 0 Å². The molecule has 0 radical (unpaired) electrons. The second-order valence-electron chi connectivity index (χ2n) is 0. The molecule has 0 saturated carbocycles. The first-order chi connectivity index (χ1) is 0. The van der Waals surface area contributed by atoms with E-state index in [-0.39, 0.29) is 91.9 Å². The van der Waals surface area contributed by atoms with Crippen LogP contribution in [0.3, 0.4) is 0 Å². The smallest absolute Gasteiger partial charge is 0.0149 e. The maximum Gasteiger partial charge on any atom is 0.316 e. The Kier molecular flexibility index (Phi) is 265. The average Bonchev–Trinajstić information content (AvgIpc) is 0. The van der Waals surface area contributed by atoms with E-state index in [0.717, 1.165) is 0 Å². The van der Waals surface area contributed by atoms with Crippen molar-refractivity contribution in [3.8, 4) is 0 Å². The number of hydrogen-bond donors (Lipinski definition) is 0. The molecule has 0 spiro atoms. The molecule has 0 saturated heterocycles. The van der Waals surface area contributed by atoms with Crippen molar-refractivity contribution in [1.29, 1.82) is 0 Å². The molecule has 0 aromatic rings. The molecule has 0 aliphatic carbocycles. The Hall–Kier alpha value is 2.83. The summed E-state index contributed by atoms with van der Waals surface area (Å²) in [6.45, 7) is 0. The SMILES string of the molecule is [AlH3].[MgH2].[Mo].[SiH4].[Zn]. The van der Waals surface area contributed by atoms with E-state index >= 15 is 0 Å². The van der Waals surface area contributed by atoms with Crippen LogP contribution in [-0.2, 0) is 40.5 Å². The topological polar surface area (TPSA) is 0 Å². The van der Waals surface area contributed by atoms with Gasteiger partial charge in [0, 0.05) is 40.5 Å². The van der Waals surface area contributed by atoms with Crippen LogP contribution in [0.1, 0.15) is 0 Å². The molecule has 5 heteroatoms. The molecule has 0 aromatic carbocycles. The van der Waals surface area contributed by atoms with Gasteiger partial charge < -0.3 is 0 Å². The molecular weight excluding hydrogens is 241 g/mol. The Labute approximate surface area is 90.6 Å². The fourth-order valence-electron chi connectivity index (χ4n) is 0. The molecule has 0 heterocycles. The fraction of sp³-hybridized carbons (Fsp3) is 0. The Bertz CT molecular complexity index is 11.6.